The molecule has 580 valence electrons. The molecule has 15 aromatic carbocycles. The van der Waals surface area contributed by atoms with Crippen molar-refractivity contribution in [2.45, 2.75) is 0 Å². The Bertz CT molecular complexity index is 7330. The average Bonchev–Trinajstić information content (AvgIpc) is 1.64. The van der Waals surface area contributed by atoms with Crippen LogP contribution in [0.4, 0.5) is 0 Å². The van der Waals surface area contributed by atoms with E-state index < -0.39 is 0 Å². The van der Waals surface area contributed by atoms with Crippen LogP contribution in [-0.4, -0.2) is 29.9 Å². The Kier molecular flexibility index (Phi) is 20.8. The van der Waals surface area contributed by atoms with Crippen LogP contribution >= 0.6 is 45.3 Å². The van der Waals surface area contributed by atoms with Gasteiger partial charge in [-0.2, -0.15) is 0 Å². The lowest BCUT2D eigenvalue weighted by Crippen LogP contribution is -1.95. The second-order valence-electron chi connectivity index (χ2n) is 30.0. The Hall–Kier alpha value is -15.1. The van der Waals surface area contributed by atoms with Crippen molar-refractivity contribution in [3.63, 3.8) is 0 Å². The number of nitrogens with zero attached hydrogens (tertiary/aromatic N) is 6. The standard InChI is InChI=1S/C38H24N2OS.C38H24N2S2.C36H24N2S/c1-2-8-25(9-3-1)26-15-19-28(20-16-26)33-24-34(40-38(39-33)36-14-7-23-42-36)29-21-17-27(18-22-29)30-11-6-12-32-31-10-4-5-13-35(31)41-37(30)32;1-2-8-25(9-3-1)26-15-19-28(20-16-26)33-24-34(40-38(39-33)36-14-7-23-41-36)29-21-17-27(18-22-29)30-11-6-12-32-31-10-4-5-13-35(31)42-37(30)32;1-2-8-25(9-3-1)26-15-19-29(20-16-26)33-24-34(38-36(37-33)35-14-7-23-39-35)30-21-17-28(18-22-30)32-13-6-11-27-10-4-5-12-31(27)32/h2*1-24H;1-24H. The zero-order valence-corrected chi connectivity index (χ0v) is 69.6. The molecule has 0 saturated heterocycles. The van der Waals surface area contributed by atoms with Crippen molar-refractivity contribution in [1.29, 1.82) is 0 Å². The molecular weight excluding hydrogens is 1570 g/mol. The van der Waals surface area contributed by atoms with Crippen LogP contribution in [0.1, 0.15) is 0 Å². The van der Waals surface area contributed by atoms with Crippen LogP contribution in [0, 0.1) is 0 Å². The average molecular weight is 1650 g/mol. The summed E-state index contributed by atoms with van der Waals surface area (Å²) in [5, 5.41) is 13.6. The van der Waals surface area contributed by atoms with Crippen LogP contribution in [0.15, 0.2) is 439 Å². The van der Waals surface area contributed by atoms with Crippen molar-refractivity contribution in [2.24, 2.45) is 0 Å². The number of rotatable bonds is 15. The summed E-state index contributed by atoms with van der Waals surface area (Å²) in [5.74, 6) is 2.24. The second kappa shape index (κ2) is 34.0. The summed E-state index contributed by atoms with van der Waals surface area (Å²) in [4.78, 5) is 33.1. The van der Waals surface area contributed by atoms with Crippen molar-refractivity contribution in [1.82, 2.24) is 29.9 Å². The fraction of sp³-hybridized carbons (Fsp3) is 0. The Morgan fingerprint density at radius 3 is 0.919 bits per heavy atom. The van der Waals surface area contributed by atoms with Gasteiger partial charge < -0.3 is 4.42 Å². The zero-order chi connectivity index (χ0) is 81.8. The maximum Gasteiger partial charge on any atom is 0.170 e. The molecule has 0 unspecified atom stereocenters. The molecule has 11 heteroatoms. The van der Waals surface area contributed by atoms with Crippen LogP contribution in [0.5, 0.6) is 0 Å². The first-order chi connectivity index (χ1) is 60.9. The van der Waals surface area contributed by atoms with Gasteiger partial charge in [-0.1, -0.05) is 370 Å². The third-order valence-electron chi connectivity index (χ3n) is 22.3. The van der Waals surface area contributed by atoms with Gasteiger partial charge in [0, 0.05) is 69.9 Å². The van der Waals surface area contributed by atoms with E-state index in [-0.39, 0.29) is 0 Å². The highest BCUT2D eigenvalue weighted by Gasteiger charge is 2.20. The zero-order valence-electron chi connectivity index (χ0n) is 66.3. The summed E-state index contributed by atoms with van der Waals surface area (Å²) in [5.41, 5.74) is 27.9. The number of benzene rings is 15. The van der Waals surface area contributed by atoms with Crippen molar-refractivity contribution < 1.29 is 4.42 Å². The lowest BCUT2D eigenvalue weighted by atomic mass is 9.97. The minimum absolute atomic E-state index is 0.737. The molecular formula is C112H72N6OS4. The van der Waals surface area contributed by atoms with E-state index in [4.69, 9.17) is 34.3 Å². The summed E-state index contributed by atoms with van der Waals surface area (Å²) in [7, 11) is 0. The first kappa shape index (κ1) is 75.4. The van der Waals surface area contributed by atoms with Gasteiger partial charge in [-0.3, -0.25) is 0 Å². The molecule has 0 saturated carbocycles. The van der Waals surface area contributed by atoms with Gasteiger partial charge in [0.05, 0.1) is 48.8 Å². The molecule has 0 radical (unpaired) electrons. The number of hydrogen-bond donors (Lipinski definition) is 0. The van der Waals surface area contributed by atoms with E-state index in [0.717, 1.165) is 133 Å². The van der Waals surface area contributed by atoms with E-state index in [1.54, 1.807) is 34.0 Å². The summed E-state index contributed by atoms with van der Waals surface area (Å²) < 4.78 is 8.94. The van der Waals surface area contributed by atoms with Crippen LogP contribution in [0.2, 0.25) is 0 Å². The third kappa shape index (κ3) is 15.8. The Morgan fingerprint density at radius 2 is 0.496 bits per heavy atom. The Balaban J connectivity index is 0.000000113. The molecule has 0 aliphatic carbocycles. The van der Waals surface area contributed by atoms with Gasteiger partial charge in [-0.15, -0.1) is 45.3 Å². The van der Waals surface area contributed by atoms with E-state index in [1.165, 1.54) is 86.6 Å². The molecule has 7 nitrogen and oxygen atoms in total. The second-order valence-corrected chi connectivity index (χ2v) is 33.9. The largest absolute Gasteiger partial charge is 0.455 e. The minimum atomic E-state index is 0.737. The van der Waals surface area contributed by atoms with E-state index in [1.807, 2.05) is 59.9 Å². The van der Waals surface area contributed by atoms with Crippen LogP contribution < -0.4 is 0 Å². The molecule has 8 heterocycles. The van der Waals surface area contributed by atoms with Crippen molar-refractivity contribution in [3.8, 4) is 166 Å². The quantitative estimate of drug-likeness (QED) is 0.101. The van der Waals surface area contributed by atoms with Gasteiger partial charge in [0.1, 0.15) is 11.2 Å². The minimum Gasteiger partial charge on any atom is -0.455 e. The number of thiophene rings is 4. The van der Waals surface area contributed by atoms with Gasteiger partial charge in [-0.25, -0.2) is 29.9 Å². The number of fused-ring (bicyclic) bond motifs is 7. The molecule has 23 aromatic rings. The van der Waals surface area contributed by atoms with Crippen molar-refractivity contribution >= 4 is 98.2 Å². The molecule has 0 bridgehead atoms. The fourth-order valence-electron chi connectivity index (χ4n) is 16.1. The smallest absolute Gasteiger partial charge is 0.170 e. The highest BCUT2D eigenvalue weighted by atomic mass is 32.1. The molecule has 0 spiro atoms. The fourth-order valence-corrected chi connectivity index (χ4v) is 19.3. The molecule has 0 atom stereocenters. The first-order valence-electron chi connectivity index (χ1n) is 40.8. The number of aromatic nitrogens is 6. The van der Waals surface area contributed by atoms with Crippen molar-refractivity contribution in [3.05, 3.63) is 435 Å². The SMILES string of the molecule is c1ccc(-c2ccc(-c3cc(-c4ccc(-c5cccc6c5oc5ccccc56)cc4)nc(-c4cccs4)n3)cc2)cc1.c1ccc(-c2ccc(-c3cc(-c4ccc(-c5cccc6c5sc5ccccc56)cc4)nc(-c4cccs4)n3)cc2)cc1.c1ccc(-c2ccc(-c3cc(-c4ccc(-c5cccc6ccccc56)cc4)nc(-c4cccs4)n3)cc2)cc1. The van der Waals surface area contributed by atoms with Crippen LogP contribution in [0.25, 0.3) is 219 Å². The normalized spacial score (nSPS) is 11.3. The predicted octanol–water partition coefficient (Wildman–Crippen LogP) is 32.0. The van der Waals surface area contributed by atoms with Crippen LogP contribution in [-0.2, 0) is 0 Å². The molecule has 23 rings (SSSR count). The Morgan fingerprint density at radius 1 is 0.195 bits per heavy atom. The lowest BCUT2D eigenvalue weighted by Gasteiger charge is -2.11. The van der Waals surface area contributed by atoms with E-state index in [0.29, 0.717) is 0 Å². The molecule has 8 aromatic heterocycles. The van der Waals surface area contributed by atoms with E-state index in [2.05, 4.69) is 386 Å². The summed E-state index contributed by atoms with van der Waals surface area (Å²) in [6, 6.07) is 147. The number of furan rings is 1. The monoisotopic (exact) mass is 1640 g/mol. The van der Waals surface area contributed by atoms with Crippen LogP contribution in [0.3, 0.4) is 0 Å². The molecule has 0 aliphatic heterocycles. The molecule has 0 fully saturated rings. The predicted molar refractivity (Wildman–Crippen MR) is 519 cm³/mol. The Labute approximate surface area is 727 Å². The van der Waals surface area contributed by atoms with Gasteiger partial charge in [-0.05, 0) is 137 Å². The summed E-state index contributed by atoms with van der Waals surface area (Å²) in [6.07, 6.45) is 0. The molecule has 123 heavy (non-hydrogen) atoms. The molecule has 0 aliphatic rings. The highest BCUT2D eigenvalue weighted by Crippen LogP contribution is 2.43. The van der Waals surface area contributed by atoms with Gasteiger partial charge in [0.25, 0.3) is 0 Å². The number of para-hydroxylation sites is 2. The third-order valence-corrected chi connectivity index (χ3v) is 26.2. The maximum atomic E-state index is 6.29. The summed E-state index contributed by atoms with van der Waals surface area (Å²) in [6.45, 7) is 0. The highest BCUT2D eigenvalue weighted by molar-refractivity contribution is 7.26. The van der Waals surface area contributed by atoms with E-state index in [9.17, 15) is 0 Å². The van der Waals surface area contributed by atoms with Gasteiger partial charge in [0.2, 0.25) is 0 Å². The molecule has 0 amide bonds. The molecule has 0 N–H and O–H groups in total. The number of hydrogen-bond acceptors (Lipinski definition) is 11. The van der Waals surface area contributed by atoms with E-state index >= 15 is 0 Å². The first-order valence-corrected chi connectivity index (χ1v) is 44.2. The summed E-state index contributed by atoms with van der Waals surface area (Å²) >= 11 is 6.84. The van der Waals surface area contributed by atoms with Gasteiger partial charge >= 0.3 is 0 Å². The van der Waals surface area contributed by atoms with Crippen molar-refractivity contribution in [2.75, 3.05) is 0 Å². The van der Waals surface area contributed by atoms with Gasteiger partial charge in [0.15, 0.2) is 17.5 Å². The maximum absolute atomic E-state index is 6.29. The topological polar surface area (TPSA) is 90.5 Å². The lowest BCUT2D eigenvalue weighted by molar-refractivity contribution is 0.670.